The van der Waals surface area contributed by atoms with E-state index in [9.17, 15) is 8.42 Å². The normalized spacial score (nSPS) is 34.9. The highest BCUT2D eigenvalue weighted by atomic mass is 32.2. The Balaban J connectivity index is 1.62. The summed E-state index contributed by atoms with van der Waals surface area (Å²) < 4.78 is 27.0. The molecule has 1 N–H and O–H groups in total. The minimum Gasteiger partial charge on any atom is -0.315 e. The van der Waals surface area contributed by atoms with Crippen LogP contribution in [0.3, 0.4) is 0 Å². The van der Waals surface area contributed by atoms with Crippen molar-refractivity contribution in [3.63, 3.8) is 0 Å². The van der Waals surface area contributed by atoms with E-state index >= 15 is 0 Å². The van der Waals surface area contributed by atoms with Crippen LogP contribution in [0.25, 0.3) is 0 Å². The molecular formula is C13H25N3O2S. The van der Waals surface area contributed by atoms with Gasteiger partial charge >= 0.3 is 0 Å². The van der Waals surface area contributed by atoms with Gasteiger partial charge in [0.1, 0.15) is 0 Å². The molecule has 0 bridgehead atoms. The maximum Gasteiger partial charge on any atom is 0.218 e. The van der Waals surface area contributed by atoms with Crippen molar-refractivity contribution in [1.82, 2.24) is 14.5 Å². The topological polar surface area (TPSA) is 52.7 Å². The fourth-order valence-electron chi connectivity index (χ4n) is 3.63. The third-order valence-corrected chi connectivity index (χ3v) is 7.11. The lowest BCUT2D eigenvalue weighted by atomic mass is 10.2. The summed E-state index contributed by atoms with van der Waals surface area (Å²) in [5, 5.41) is 3.02. The van der Waals surface area contributed by atoms with Gasteiger partial charge in [0, 0.05) is 25.7 Å². The quantitative estimate of drug-likeness (QED) is 0.808. The van der Waals surface area contributed by atoms with Crippen molar-refractivity contribution in [3.05, 3.63) is 0 Å². The lowest BCUT2D eigenvalue weighted by molar-refractivity contribution is 0.250. The number of sulfonamides is 1. The first-order valence-corrected chi connectivity index (χ1v) is 9.12. The van der Waals surface area contributed by atoms with Crippen LogP contribution >= 0.6 is 0 Å². The van der Waals surface area contributed by atoms with E-state index in [1.807, 2.05) is 0 Å². The zero-order valence-electron chi connectivity index (χ0n) is 11.6. The Morgan fingerprint density at radius 3 is 2.47 bits per heavy atom. The second-order valence-corrected chi connectivity index (χ2v) is 8.27. The van der Waals surface area contributed by atoms with Crippen LogP contribution in [0.15, 0.2) is 0 Å². The summed E-state index contributed by atoms with van der Waals surface area (Å²) in [6.07, 6.45) is 5.36. The van der Waals surface area contributed by atoms with Gasteiger partial charge in [-0.1, -0.05) is 0 Å². The van der Waals surface area contributed by atoms with Gasteiger partial charge in [0.05, 0.1) is 5.25 Å². The van der Waals surface area contributed by atoms with Crippen LogP contribution in [0.2, 0.25) is 0 Å². The van der Waals surface area contributed by atoms with Crippen LogP contribution in [0.1, 0.15) is 32.1 Å². The fraction of sp³-hybridized carbons (Fsp3) is 1.00. The standard InChI is InChI=1S/C13H25N3O2S/c17-19(18,13-4-3-6-14-10-13)16-9-5-12(11-16)15-7-1-2-8-15/h12-14H,1-11H2. The van der Waals surface area contributed by atoms with E-state index in [0.717, 1.165) is 52.0 Å². The highest BCUT2D eigenvalue weighted by molar-refractivity contribution is 7.89. The molecule has 19 heavy (non-hydrogen) atoms. The summed E-state index contributed by atoms with van der Waals surface area (Å²) in [4.78, 5) is 2.48. The van der Waals surface area contributed by atoms with E-state index in [-0.39, 0.29) is 5.25 Å². The van der Waals surface area contributed by atoms with E-state index in [0.29, 0.717) is 12.6 Å². The molecule has 3 heterocycles. The lowest BCUT2D eigenvalue weighted by Crippen LogP contribution is -2.46. The average molecular weight is 287 g/mol. The summed E-state index contributed by atoms with van der Waals surface area (Å²) in [6, 6.07) is 0.467. The van der Waals surface area contributed by atoms with Crippen LogP contribution < -0.4 is 5.32 Å². The van der Waals surface area contributed by atoms with Gasteiger partial charge in [-0.25, -0.2) is 12.7 Å². The number of piperidine rings is 1. The Morgan fingerprint density at radius 1 is 1.00 bits per heavy atom. The predicted molar refractivity (Wildman–Crippen MR) is 75.6 cm³/mol. The van der Waals surface area contributed by atoms with Gasteiger partial charge in [-0.05, 0) is 51.7 Å². The maximum absolute atomic E-state index is 12.6. The minimum atomic E-state index is -3.08. The fourth-order valence-corrected chi connectivity index (χ4v) is 5.59. The molecule has 3 saturated heterocycles. The molecule has 0 radical (unpaired) electrons. The van der Waals surface area contributed by atoms with E-state index in [1.54, 1.807) is 4.31 Å². The number of nitrogens with one attached hydrogen (secondary N) is 1. The van der Waals surface area contributed by atoms with E-state index in [2.05, 4.69) is 10.2 Å². The van der Waals surface area contributed by atoms with Gasteiger partial charge in [-0.2, -0.15) is 0 Å². The third kappa shape index (κ3) is 2.82. The van der Waals surface area contributed by atoms with E-state index < -0.39 is 10.0 Å². The van der Waals surface area contributed by atoms with Gasteiger partial charge in [-0.3, -0.25) is 4.90 Å². The third-order valence-electron chi connectivity index (χ3n) is 4.82. The Morgan fingerprint density at radius 2 is 1.79 bits per heavy atom. The van der Waals surface area contributed by atoms with Gasteiger partial charge in [0.2, 0.25) is 10.0 Å². The van der Waals surface area contributed by atoms with Crippen LogP contribution in [-0.2, 0) is 10.0 Å². The van der Waals surface area contributed by atoms with Gasteiger partial charge in [-0.15, -0.1) is 0 Å². The van der Waals surface area contributed by atoms with E-state index in [1.165, 1.54) is 12.8 Å². The molecule has 2 atom stereocenters. The van der Waals surface area contributed by atoms with Crippen LogP contribution in [0.4, 0.5) is 0 Å². The van der Waals surface area contributed by atoms with Crippen molar-refractivity contribution in [2.24, 2.45) is 0 Å². The summed E-state index contributed by atoms with van der Waals surface area (Å²) >= 11 is 0. The second kappa shape index (κ2) is 5.68. The molecule has 0 saturated carbocycles. The smallest absolute Gasteiger partial charge is 0.218 e. The number of rotatable bonds is 3. The molecule has 0 amide bonds. The molecular weight excluding hydrogens is 262 g/mol. The van der Waals surface area contributed by atoms with Crippen LogP contribution in [0.5, 0.6) is 0 Å². The van der Waals surface area contributed by atoms with Gasteiger partial charge < -0.3 is 5.32 Å². The largest absolute Gasteiger partial charge is 0.315 e. The van der Waals surface area contributed by atoms with E-state index in [4.69, 9.17) is 0 Å². The molecule has 3 fully saturated rings. The summed E-state index contributed by atoms with van der Waals surface area (Å²) in [7, 11) is -3.08. The Labute approximate surface area is 116 Å². The molecule has 0 aromatic rings. The molecule has 5 nitrogen and oxygen atoms in total. The molecule has 0 spiro atoms. The number of nitrogens with zero attached hydrogens (tertiary/aromatic N) is 2. The Hall–Kier alpha value is -0.170. The number of hydrogen-bond acceptors (Lipinski definition) is 4. The zero-order chi connectivity index (χ0) is 13.3. The van der Waals surface area contributed by atoms with Crippen molar-refractivity contribution < 1.29 is 8.42 Å². The van der Waals surface area contributed by atoms with Gasteiger partial charge in [0.25, 0.3) is 0 Å². The monoisotopic (exact) mass is 287 g/mol. The molecule has 110 valence electrons. The molecule has 2 unspecified atom stereocenters. The molecule has 3 aliphatic rings. The maximum atomic E-state index is 12.6. The molecule has 6 heteroatoms. The summed E-state index contributed by atoms with van der Waals surface area (Å²) in [6.45, 7) is 5.35. The first-order chi connectivity index (χ1) is 9.18. The average Bonchev–Trinajstić information content (AvgIpc) is 3.10. The SMILES string of the molecule is O=S(=O)(C1CCCNC1)N1CCC(N2CCCC2)C1. The highest BCUT2D eigenvalue weighted by Crippen LogP contribution is 2.25. The number of hydrogen-bond donors (Lipinski definition) is 1. The van der Waals surface area contributed by atoms with Crippen LogP contribution in [-0.4, -0.2) is 68.2 Å². The summed E-state index contributed by atoms with van der Waals surface area (Å²) in [5.74, 6) is 0. The van der Waals surface area contributed by atoms with Crippen molar-refractivity contribution in [2.45, 2.75) is 43.4 Å². The molecule has 3 rings (SSSR count). The minimum absolute atomic E-state index is 0.196. The molecule has 0 aromatic carbocycles. The van der Waals surface area contributed by atoms with Crippen molar-refractivity contribution in [2.75, 3.05) is 39.3 Å². The highest BCUT2D eigenvalue weighted by Gasteiger charge is 2.39. The van der Waals surface area contributed by atoms with Crippen LogP contribution in [0, 0.1) is 0 Å². The number of likely N-dealkylation sites (tertiary alicyclic amines) is 1. The molecule has 0 aromatic heterocycles. The van der Waals surface area contributed by atoms with Crippen molar-refractivity contribution in [1.29, 1.82) is 0 Å². The van der Waals surface area contributed by atoms with Crippen molar-refractivity contribution >= 4 is 10.0 Å². The van der Waals surface area contributed by atoms with Gasteiger partial charge in [0.15, 0.2) is 0 Å². The Kier molecular flexibility index (Phi) is 4.12. The summed E-state index contributed by atoms with van der Waals surface area (Å²) in [5.41, 5.74) is 0. The Bertz CT molecular complexity index is 400. The lowest BCUT2D eigenvalue weighted by Gasteiger charge is -2.28. The predicted octanol–water partition coefficient (Wildman–Crippen LogP) is 0.238. The zero-order valence-corrected chi connectivity index (χ0v) is 12.4. The van der Waals surface area contributed by atoms with Crippen molar-refractivity contribution in [3.8, 4) is 0 Å². The molecule has 3 aliphatic heterocycles. The molecule has 0 aliphatic carbocycles. The first kappa shape index (κ1) is 13.8. The first-order valence-electron chi connectivity index (χ1n) is 7.61. The second-order valence-electron chi connectivity index (χ2n) is 6.06.